The van der Waals surface area contributed by atoms with Gasteiger partial charge >= 0.3 is 5.19 Å². The molecule has 4 rings (SSSR count). The number of sulfone groups is 1. The van der Waals surface area contributed by atoms with Crippen LogP contribution in [0.1, 0.15) is 15.9 Å². The van der Waals surface area contributed by atoms with Crippen molar-refractivity contribution in [2.75, 3.05) is 5.32 Å². The zero-order valence-corrected chi connectivity index (χ0v) is 18.4. The molecule has 1 aromatic heterocycles. The van der Waals surface area contributed by atoms with Gasteiger partial charge in [-0.15, -0.1) is 5.10 Å². The lowest BCUT2D eigenvalue weighted by Gasteiger charge is -2.06. The van der Waals surface area contributed by atoms with Gasteiger partial charge < -0.3 is 10.1 Å². The predicted molar refractivity (Wildman–Crippen MR) is 118 cm³/mol. The number of carbonyl (C=O) groups excluding carboxylic acids is 1. The summed E-state index contributed by atoms with van der Waals surface area (Å²) in [4.78, 5) is 12.3. The number of anilines is 1. The number of rotatable bonds is 7. The number of nitrogens with zero attached hydrogens (tertiary/aromatic N) is 2. The molecule has 0 atom stereocenters. The maximum atomic E-state index is 13.0. The van der Waals surface area contributed by atoms with Gasteiger partial charge in [0.1, 0.15) is 17.4 Å². The van der Waals surface area contributed by atoms with E-state index in [4.69, 9.17) is 4.74 Å². The first-order chi connectivity index (χ1) is 15.8. The maximum Gasteiger partial charge on any atom is 0.300 e. The first kappa shape index (κ1) is 22.5. The van der Waals surface area contributed by atoms with E-state index in [1.54, 1.807) is 0 Å². The van der Waals surface area contributed by atoms with Gasteiger partial charge in [-0.2, -0.15) is 0 Å². The van der Waals surface area contributed by atoms with Crippen LogP contribution < -0.4 is 10.1 Å². The van der Waals surface area contributed by atoms with Crippen molar-refractivity contribution in [3.63, 3.8) is 0 Å². The fourth-order valence-corrected chi connectivity index (χ4v) is 5.01. The summed E-state index contributed by atoms with van der Waals surface area (Å²) in [7, 11) is -3.81. The van der Waals surface area contributed by atoms with Crippen LogP contribution in [0.25, 0.3) is 0 Å². The Hall–Kier alpha value is -3.70. The third-order valence-corrected chi connectivity index (χ3v) is 7.28. The van der Waals surface area contributed by atoms with E-state index in [0.717, 1.165) is 11.3 Å². The second kappa shape index (κ2) is 9.43. The molecule has 3 aromatic carbocycles. The van der Waals surface area contributed by atoms with Crippen LogP contribution in [0.15, 0.2) is 77.1 Å². The summed E-state index contributed by atoms with van der Waals surface area (Å²) in [5, 5.41) is 10.0. The largest absolute Gasteiger partial charge is 0.430 e. The fraction of sp³-hybridized carbons (Fsp3) is 0.0455. The summed E-state index contributed by atoms with van der Waals surface area (Å²) in [6.07, 6.45) is 0. The lowest BCUT2D eigenvalue weighted by molar-refractivity contribution is 0.102. The van der Waals surface area contributed by atoms with E-state index in [0.29, 0.717) is 22.6 Å². The molecule has 0 spiro atoms. The molecule has 4 aromatic rings. The normalized spacial score (nSPS) is 11.2. The van der Waals surface area contributed by atoms with E-state index in [2.05, 4.69) is 15.5 Å². The zero-order valence-electron chi connectivity index (χ0n) is 16.7. The second-order valence-electron chi connectivity index (χ2n) is 6.81. The molecule has 0 bridgehead atoms. The summed E-state index contributed by atoms with van der Waals surface area (Å²) in [6, 6.07) is 16.5. The van der Waals surface area contributed by atoms with Crippen LogP contribution in [0, 0.1) is 11.6 Å². The van der Waals surface area contributed by atoms with Gasteiger partial charge in [-0.1, -0.05) is 17.2 Å². The van der Waals surface area contributed by atoms with Crippen molar-refractivity contribution < 1.29 is 26.7 Å². The van der Waals surface area contributed by atoms with E-state index < -0.39 is 27.4 Å². The number of halogens is 2. The Balaban J connectivity index is 1.40. The highest BCUT2D eigenvalue weighted by Gasteiger charge is 2.22. The Morgan fingerprint density at radius 1 is 0.879 bits per heavy atom. The first-order valence-electron chi connectivity index (χ1n) is 9.44. The molecule has 0 fully saturated rings. The van der Waals surface area contributed by atoms with Gasteiger partial charge in [0.25, 0.3) is 5.91 Å². The molecule has 11 heteroatoms. The van der Waals surface area contributed by atoms with Gasteiger partial charge in [-0.3, -0.25) is 4.79 Å². The standard InChI is InChI=1S/C22H15F2N3O4S2/c23-16-5-9-18(10-6-16)25-20(28)15-3-1-14(2-4-15)13-33(29,30)22-27-26-21(32-22)31-19-11-7-17(24)8-12-19/h1-12H,13H2,(H,25,28). The van der Waals surface area contributed by atoms with E-state index >= 15 is 0 Å². The average Bonchev–Trinajstić information content (AvgIpc) is 3.27. The third kappa shape index (κ3) is 5.76. The Bertz CT molecular complexity index is 1370. The summed E-state index contributed by atoms with van der Waals surface area (Å²) in [5.41, 5.74) is 1.19. The second-order valence-corrected chi connectivity index (χ2v) is 9.91. The molecular weight excluding hydrogens is 472 g/mol. The minimum absolute atomic E-state index is 0.00740. The van der Waals surface area contributed by atoms with E-state index in [-0.39, 0.29) is 15.3 Å². The molecular formula is C22H15F2N3O4S2. The number of carbonyl (C=O) groups is 1. The Morgan fingerprint density at radius 3 is 2.12 bits per heavy atom. The smallest absolute Gasteiger partial charge is 0.300 e. The number of amides is 1. The average molecular weight is 488 g/mol. The van der Waals surface area contributed by atoms with Crippen molar-refractivity contribution in [2.45, 2.75) is 10.1 Å². The van der Waals surface area contributed by atoms with Gasteiger partial charge in [-0.05, 0) is 77.6 Å². The number of hydrogen-bond acceptors (Lipinski definition) is 7. The number of hydrogen-bond donors (Lipinski definition) is 1. The molecule has 0 aliphatic carbocycles. The SMILES string of the molecule is O=C(Nc1ccc(F)cc1)c1ccc(CS(=O)(=O)c2nnc(Oc3ccc(F)cc3)s2)cc1. The molecule has 1 amide bonds. The minimum atomic E-state index is -3.81. The minimum Gasteiger partial charge on any atom is -0.430 e. The molecule has 0 saturated carbocycles. The van der Waals surface area contributed by atoms with Crippen LogP contribution in [0.3, 0.4) is 0 Å². The molecule has 0 aliphatic heterocycles. The predicted octanol–water partition coefficient (Wildman–Crippen LogP) is 4.83. The number of aromatic nitrogens is 2. The van der Waals surface area contributed by atoms with Crippen LogP contribution in [-0.2, 0) is 15.6 Å². The third-order valence-electron chi connectivity index (χ3n) is 4.35. The Kier molecular flexibility index (Phi) is 6.43. The topological polar surface area (TPSA) is 98.2 Å². The molecule has 1 heterocycles. The van der Waals surface area contributed by atoms with Crippen LogP contribution in [0.5, 0.6) is 10.9 Å². The lowest BCUT2D eigenvalue weighted by atomic mass is 10.1. The number of nitrogens with one attached hydrogen (secondary N) is 1. The summed E-state index contributed by atoms with van der Waals surface area (Å²) in [5.74, 6) is -1.31. The highest BCUT2D eigenvalue weighted by Crippen LogP contribution is 2.29. The maximum absolute atomic E-state index is 13.0. The van der Waals surface area contributed by atoms with Gasteiger partial charge in [0.05, 0.1) is 5.75 Å². The molecule has 0 aliphatic rings. The van der Waals surface area contributed by atoms with E-state index in [9.17, 15) is 22.0 Å². The Labute approximate surface area is 191 Å². The van der Waals surface area contributed by atoms with Crippen molar-refractivity contribution in [3.8, 4) is 10.9 Å². The van der Waals surface area contributed by atoms with Crippen molar-refractivity contribution >= 4 is 32.8 Å². The number of benzene rings is 3. The van der Waals surface area contributed by atoms with Crippen molar-refractivity contribution in [1.82, 2.24) is 10.2 Å². The van der Waals surface area contributed by atoms with Gasteiger partial charge in [0, 0.05) is 11.3 Å². The summed E-state index contributed by atoms with van der Waals surface area (Å²) < 4.78 is 56.5. The first-order valence-corrected chi connectivity index (χ1v) is 11.9. The molecule has 0 unspecified atom stereocenters. The van der Waals surface area contributed by atoms with Crippen LogP contribution in [0.4, 0.5) is 14.5 Å². The molecule has 0 saturated heterocycles. The monoisotopic (exact) mass is 487 g/mol. The van der Waals surface area contributed by atoms with Crippen molar-refractivity contribution in [2.24, 2.45) is 0 Å². The molecule has 33 heavy (non-hydrogen) atoms. The fourth-order valence-electron chi connectivity index (χ4n) is 2.74. The van der Waals surface area contributed by atoms with Crippen LogP contribution in [0.2, 0.25) is 0 Å². The van der Waals surface area contributed by atoms with Crippen molar-refractivity contribution in [1.29, 1.82) is 0 Å². The van der Waals surface area contributed by atoms with Crippen molar-refractivity contribution in [3.05, 3.63) is 95.6 Å². The van der Waals surface area contributed by atoms with Crippen LogP contribution in [-0.4, -0.2) is 24.5 Å². The van der Waals surface area contributed by atoms with E-state index in [1.165, 1.54) is 72.8 Å². The van der Waals surface area contributed by atoms with E-state index in [1.807, 2.05) is 0 Å². The highest BCUT2D eigenvalue weighted by molar-refractivity contribution is 7.92. The van der Waals surface area contributed by atoms with Gasteiger partial charge in [0.15, 0.2) is 0 Å². The highest BCUT2D eigenvalue weighted by atomic mass is 32.2. The van der Waals surface area contributed by atoms with Gasteiger partial charge in [0.2, 0.25) is 14.2 Å². The summed E-state index contributed by atoms with van der Waals surface area (Å²) in [6.45, 7) is 0. The zero-order chi connectivity index (χ0) is 23.4. The number of ether oxygens (including phenoxy) is 1. The molecule has 7 nitrogen and oxygen atoms in total. The molecule has 1 N–H and O–H groups in total. The molecule has 168 valence electrons. The Morgan fingerprint density at radius 2 is 1.48 bits per heavy atom. The van der Waals surface area contributed by atoms with Crippen LogP contribution >= 0.6 is 11.3 Å². The molecule has 0 radical (unpaired) electrons. The summed E-state index contributed by atoms with van der Waals surface area (Å²) >= 11 is 0.751. The van der Waals surface area contributed by atoms with Gasteiger partial charge in [-0.25, -0.2) is 17.2 Å². The lowest BCUT2D eigenvalue weighted by Crippen LogP contribution is -2.12. The quantitative estimate of drug-likeness (QED) is 0.401.